The standard InChI is InChI=1S/C15H15NO3/c1-19-14(17)15(18,11-5-3-2-4-6-11)12-7-9-13(16)10-8-12/h2-10,18H,16H2,1H3/t15-/m1/s1. The van der Waals surface area contributed by atoms with Crippen molar-refractivity contribution >= 4 is 11.7 Å². The van der Waals surface area contributed by atoms with Crippen LogP contribution in [0.2, 0.25) is 0 Å². The van der Waals surface area contributed by atoms with Gasteiger partial charge in [-0.3, -0.25) is 0 Å². The van der Waals surface area contributed by atoms with Crippen molar-refractivity contribution in [2.24, 2.45) is 0 Å². The second kappa shape index (κ2) is 5.12. The Morgan fingerprint density at radius 3 is 2.11 bits per heavy atom. The first-order valence-corrected chi connectivity index (χ1v) is 5.81. The van der Waals surface area contributed by atoms with E-state index in [0.717, 1.165) is 0 Å². The summed E-state index contributed by atoms with van der Waals surface area (Å²) >= 11 is 0. The molecule has 19 heavy (non-hydrogen) atoms. The van der Waals surface area contributed by atoms with Gasteiger partial charge in [0.15, 0.2) is 0 Å². The van der Waals surface area contributed by atoms with Crippen LogP contribution < -0.4 is 5.73 Å². The fourth-order valence-corrected chi connectivity index (χ4v) is 1.95. The SMILES string of the molecule is COC(=O)[C@@](O)(c1ccccc1)c1ccc(N)cc1. The Bertz CT molecular complexity index is 566. The monoisotopic (exact) mass is 257 g/mol. The summed E-state index contributed by atoms with van der Waals surface area (Å²) in [6, 6.07) is 15.1. The molecule has 98 valence electrons. The van der Waals surface area contributed by atoms with Crippen LogP contribution >= 0.6 is 0 Å². The summed E-state index contributed by atoms with van der Waals surface area (Å²) in [5.41, 5.74) is 5.22. The van der Waals surface area contributed by atoms with Crippen LogP contribution in [0.3, 0.4) is 0 Å². The molecule has 0 aliphatic carbocycles. The number of carbonyl (C=O) groups is 1. The van der Waals surface area contributed by atoms with E-state index in [1.54, 1.807) is 48.5 Å². The fraction of sp³-hybridized carbons (Fsp3) is 0.133. The number of anilines is 1. The molecular weight excluding hydrogens is 242 g/mol. The van der Waals surface area contributed by atoms with Gasteiger partial charge in [0.1, 0.15) is 0 Å². The molecule has 0 radical (unpaired) electrons. The van der Waals surface area contributed by atoms with E-state index in [4.69, 9.17) is 10.5 Å². The first-order chi connectivity index (χ1) is 9.09. The van der Waals surface area contributed by atoms with Crippen LogP contribution in [0.5, 0.6) is 0 Å². The van der Waals surface area contributed by atoms with Crippen molar-refractivity contribution < 1.29 is 14.6 Å². The number of rotatable bonds is 3. The maximum Gasteiger partial charge on any atom is 0.347 e. The van der Waals surface area contributed by atoms with Crippen molar-refractivity contribution in [2.45, 2.75) is 5.60 Å². The molecule has 3 N–H and O–H groups in total. The van der Waals surface area contributed by atoms with Gasteiger partial charge < -0.3 is 15.6 Å². The second-order valence-electron chi connectivity index (χ2n) is 4.19. The van der Waals surface area contributed by atoms with Crippen molar-refractivity contribution in [3.05, 3.63) is 65.7 Å². The predicted molar refractivity (Wildman–Crippen MR) is 72.3 cm³/mol. The van der Waals surface area contributed by atoms with Gasteiger partial charge in [-0.1, -0.05) is 42.5 Å². The smallest absolute Gasteiger partial charge is 0.347 e. The molecule has 0 aliphatic rings. The Balaban J connectivity index is 2.58. The molecule has 2 rings (SSSR count). The summed E-state index contributed by atoms with van der Waals surface area (Å²) in [6.45, 7) is 0. The van der Waals surface area contributed by atoms with Crippen molar-refractivity contribution in [2.75, 3.05) is 12.8 Å². The highest BCUT2D eigenvalue weighted by atomic mass is 16.5. The van der Waals surface area contributed by atoms with E-state index in [1.165, 1.54) is 7.11 Å². The van der Waals surface area contributed by atoms with Gasteiger partial charge in [-0.15, -0.1) is 0 Å². The van der Waals surface area contributed by atoms with Crippen LogP contribution in [-0.4, -0.2) is 18.2 Å². The molecule has 0 aliphatic heterocycles. The molecule has 0 bridgehead atoms. The Hall–Kier alpha value is -2.33. The van der Waals surface area contributed by atoms with Crippen LogP contribution in [0.1, 0.15) is 11.1 Å². The Labute approximate surface area is 111 Å². The van der Waals surface area contributed by atoms with E-state index >= 15 is 0 Å². The summed E-state index contributed by atoms with van der Waals surface area (Å²) in [4.78, 5) is 12.0. The number of esters is 1. The van der Waals surface area contributed by atoms with E-state index in [-0.39, 0.29) is 0 Å². The molecule has 0 aromatic heterocycles. The molecule has 0 amide bonds. The van der Waals surface area contributed by atoms with Crippen molar-refractivity contribution in [3.8, 4) is 0 Å². The summed E-state index contributed by atoms with van der Waals surface area (Å²) in [6.07, 6.45) is 0. The Morgan fingerprint density at radius 2 is 1.58 bits per heavy atom. The third-order valence-electron chi connectivity index (χ3n) is 3.00. The zero-order valence-electron chi connectivity index (χ0n) is 10.5. The van der Waals surface area contributed by atoms with Gasteiger partial charge >= 0.3 is 5.97 Å². The molecular formula is C15H15NO3. The number of hydrogen-bond acceptors (Lipinski definition) is 4. The summed E-state index contributed by atoms with van der Waals surface area (Å²) in [5.74, 6) is -0.733. The predicted octanol–water partition coefficient (Wildman–Crippen LogP) is 1.68. The van der Waals surface area contributed by atoms with Crippen molar-refractivity contribution in [1.82, 2.24) is 0 Å². The zero-order valence-corrected chi connectivity index (χ0v) is 10.5. The summed E-state index contributed by atoms with van der Waals surface area (Å²) in [7, 11) is 1.24. The third kappa shape index (κ3) is 2.30. The number of ether oxygens (including phenoxy) is 1. The van der Waals surface area contributed by atoms with Gasteiger partial charge in [-0.05, 0) is 23.3 Å². The minimum atomic E-state index is -1.83. The van der Waals surface area contributed by atoms with Gasteiger partial charge in [-0.25, -0.2) is 4.79 Å². The molecule has 0 fully saturated rings. The minimum Gasteiger partial charge on any atom is -0.466 e. The molecule has 4 heteroatoms. The van der Waals surface area contributed by atoms with Gasteiger partial charge in [0.25, 0.3) is 0 Å². The molecule has 1 atom stereocenters. The molecule has 4 nitrogen and oxygen atoms in total. The van der Waals surface area contributed by atoms with Gasteiger partial charge in [0, 0.05) is 5.69 Å². The van der Waals surface area contributed by atoms with Gasteiger partial charge in [0.05, 0.1) is 7.11 Å². The molecule has 0 spiro atoms. The Kier molecular flexibility index (Phi) is 3.53. The van der Waals surface area contributed by atoms with E-state index in [2.05, 4.69) is 0 Å². The lowest BCUT2D eigenvalue weighted by atomic mass is 9.86. The number of methoxy groups -OCH3 is 1. The molecule has 2 aromatic rings. The minimum absolute atomic E-state index is 0.416. The third-order valence-corrected chi connectivity index (χ3v) is 3.00. The number of aliphatic hydroxyl groups is 1. The summed E-state index contributed by atoms with van der Waals surface area (Å²) < 4.78 is 4.73. The van der Waals surface area contributed by atoms with E-state index < -0.39 is 11.6 Å². The zero-order chi connectivity index (χ0) is 13.9. The number of benzene rings is 2. The van der Waals surface area contributed by atoms with E-state index in [0.29, 0.717) is 16.8 Å². The lowest BCUT2D eigenvalue weighted by Gasteiger charge is -2.26. The van der Waals surface area contributed by atoms with Crippen LogP contribution in [-0.2, 0) is 15.1 Å². The number of carbonyl (C=O) groups excluding carboxylic acids is 1. The lowest BCUT2D eigenvalue weighted by molar-refractivity contribution is -0.158. The van der Waals surface area contributed by atoms with Crippen LogP contribution in [0.25, 0.3) is 0 Å². The normalized spacial score (nSPS) is 13.6. The van der Waals surface area contributed by atoms with E-state index in [9.17, 15) is 9.90 Å². The second-order valence-corrected chi connectivity index (χ2v) is 4.19. The molecule has 0 saturated carbocycles. The highest BCUT2D eigenvalue weighted by molar-refractivity contribution is 5.85. The van der Waals surface area contributed by atoms with Crippen LogP contribution in [0, 0.1) is 0 Å². The van der Waals surface area contributed by atoms with Gasteiger partial charge in [0.2, 0.25) is 5.60 Å². The molecule has 0 unspecified atom stereocenters. The lowest BCUT2D eigenvalue weighted by Crippen LogP contribution is -2.38. The first-order valence-electron chi connectivity index (χ1n) is 5.81. The molecule has 0 heterocycles. The van der Waals surface area contributed by atoms with Gasteiger partial charge in [-0.2, -0.15) is 0 Å². The quantitative estimate of drug-likeness (QED) is 0.648. The number of nitrogens with two attached hydrogens (primary N) is 1. The first kappa shape index (κ1) is 13.1. The number of hydrogen-bond donors (Lipinski definition) is 2. The van der Waals surface area contributed by atoms with E-state index in [1.807, 2.05) is 6.07 Å². The summed E-state index contributed by atoms with van der Waals surface area (Å²) in [5, 5.41) is 10.8. The molecule has 2 aromatic carbocycles. The largest absolute Gasteiger partial charge is 0.466 e. The highest BCUT2D eigenvalue weighted by Crippen LogP contribution is 2.31. The highest BCUT2D eigenvalue weighted by Gasteiger charge is 2.41. The Morgan fingerprint density at radius 1 is 1.05 bits per heavy atom. The fourth-order valence-electron chi connectivity index (χ4n) is 1.95. The topological polar surface area (TPSA) is 72.5 Å². The average Bonchev–Trinajstić information content (AvgIpc) is 2.47. The maximum atomic E-state index is 12.0. The maximum absolute atomic E-state index is 12.0. The van der Waals surface area contributed by atoms with Crippen molar-refractivity contribution in [1.29, 1.82) is 0 Å². The average molecular weight is 257 g/mol. The number of nitrogen functional groups attached to an aromatic ring is 1. The molecule has 0 saturated heterocycles. The van der Waals surface area contributed by atoms with Crippen molar-refractivity contribution in [3.63, 3.8) is 0 Å². The van der Waals surface area contributed by atoms with Crippen LogP contribution in [0.15, 0.2) is 54.6 Å². The van der Waals surface area contributed by atoms with Crippen LogP contribution in [0.4, 0.5) is 5.69 Å².